The fourth-order valence-electron chi connectivity index (χ4n) is 2.79. The molecule has 0 spiro atoms. The highest BCUT2D eigenvalue weighted by Gasteiger charge is 2.10. The average molecular weight is 407 g/mol. The van der Waals surface area contributed by atoms with Gasteiger partial charge in [0.05, 0.1) is 6.54 Å². The lowest BCUT2D eigenvalue weighted by Crippen LogP contribution is -2.22. The summed E-state index contributed by atoms with van der Waals surface area (Å²) in [6.07, 6.45) is 3.63. The number of rotatable bonds is 3. The van der Waals surface area contributed by atoms with Crippen LogP contribution in [0.4, 0.5) is 5.69 Å². The SMILES string of the molecule is Cc1ccccc1CN=C(N)Nc1ccc2c(c1)CCC2.I. The topological polar surface area (TPSA) is 50.4 Å². The summed E-state index contributed by atoms with van der Waals surface area (Å²) in [6, 6.07) is 14.7. The molecule has 3 rings (SSSR count). The highest BCUT2D eigenvalue weighted by Crippen LogP contribution is 2.24. The van der Waals surface area contributed by atoms with Crippen LogP contribution in [0.15, 0.2) is 47.5 Å². The van der Waals surface area contributed by atoms with Crippen LogP contribution in [0.3, 0.4) is 0 Å². The second kappa shape index (κ2) is 7.63. The van der Waals surface area contributed by atoms with E-state index in [2.05, 4.69) is 47.6 Å². The first kappa shape index (κ1) is 16.8. The van der Waals surface area contributed by atoms with E-state index in [-0.39, 0.29) is 24.0 Å². The zero-order valence-corrected chi connectivity index (χ0v) is 15.1. The number of nitrogens with two attached hydrogens (primary N) is 1. The van der Waals surface area contributed by atoms with Gasteiger partial charge in [-0.15, -0.1) is 24.0 Å². The van der Waals surface area contributed by atoms with E-state index >= 15 is 0 Å². The second-order valence-corrected chi connectivity index (χ2v) is 5.59. The Bertz CT molecular complexity index is 680. The van der Waals surface area contributed by atoms with Crippen LogP contribution >= 0.6 is 24.0 Å². The standard InChI is InChI=1S/C18H21N3.HI/c1-13-5-2-3-6-16(13)12-20-18(19)21-17-10-9-14-7-4-8-15(14)11-17;/h2-3,5-6,9-11H,4,7-8,12H2,1H3,(H3,19,20,21);1H. The van der Waals surface area contributed by atoms with Crippen molar-refractivity contribution in [1.29, 1.82) is 0 Å². The summed E-state index contributed by atoms with van der Waals surface area (Å²) in [5.74, 6) is 0.469. The van der Waals surface area contributed by atoms with Crippen molar-refractivity contribution in [1.82, 2.24) is 0 Å². The lowest BCUT2D eigenvalue weighted by Gasteiger charge is -2.08. The van der Waals surface area contributed by atoms with E-state index in [0.717, 1.165) is 5.69 Å². The summed E-state index contributed by atoms with van der Waals surface area (Å²) in [4.78, 5) is 4.43. The molecule has 2 aromatic rings. The van der Waals surface area contributed by atoms with Crippen LogP contribution in [0.25, 0.3) is 0 Å². The highest BCUT2D eigenvalue weighted by atomic mass is 127. The van der Waals surface area contributed by atoms with E-state index in [0.29, 0.717) is 12.5 Å². The Morgan fingerprint density at radius 3 is 2.73 bits per heavy atom. The predicted octanol–water partition coefficient (Wildman–Crippen LogP) is 4.03. The summed E-state index contributed by atoms with van der Waals surface area (Å²) >= 11 is 0. The Labute approximate surface area is 149 Å². The summed E-state index contributed by atoms with van der Waals surface area (Å²) in [5.41, 5.74) is 12.4. The number of aliphatic imine (C=N–C) groups is 1. The van der Waals surface area contributed by atoms with E-state index < -0.39 is 0 Å². The summed E-state index contributed by atoms with van der Waals surface area (Å²) in [5, 5.41) is 3.19. The second-order valence-electron chi connectivity index (χ2n) is 5.59. The number of anilines is 1. The molecule has 2 aromatic carbocycles. The molecule has 116 valence electrons. The van der Waals surface area contributed by atoms with Crippen LogP contribution in [0.1, 0.15) is 28.7 Å². The number of hydrogen-bond acceptors (Lipinski definition) is 1. The van der Waals surface area contributed by atoms with Gasteiger partial charge in [-0.05, 0) is 60.6 Å². The van der Waals surface area contributed by atoms with Crippen molar-refractivity contribution in [2.75, 3.05) is 5.32 Å². The van der Waals surface area contributed by atoms with Crippen LogP contribution in [-0.4, -0.2) is 5.96 Å². The minimum atomic E-state index is 0. The molecule has 3 N–H and O–H groups in total. The largest absolute Gasteiger partial charge is 0.370 e. The molecule has 3 nitrogen and oxygen atoms in total. The minimum Gasteiger partial charge on any atom is -0.370 e. The molecule has 0 unspecified atom stereocenters. The number of hydrogen-bond donors (Lipinski definition) is 2. The van der Waals surface area contributed by atoms with E-state index in [9.17, 15) is 0 Å². The van der Waals surface area contributed by atoms with Gasteiger partial charge in [-0.3, -0.25) is 0 Å². The molecule has 0 amide bonds. The van der Waals surface area contributed by atoms with Crippen LogP contribution < -0.4 is 11.1 Å². The van der Waals surface area contributed by atoms with Gasteiger partial charge in [0.15, 0.2) is 5.96 Å². The summed E-state index contributed by atoms with van der Waals surface area (Å²) in [7, 11) is 0. The van der Waals surface area contributed by atoms with Crippen molar-refractivity contribution in [2.45, 2.75) is 32.7 Å². The fraction of sp³-hybridized carbons (Fsp3) is 0.278. The lowest BCUT2D eigenvalue weighted by atomic mass is 10.1. The molecule has 22 heavy (non-hydrogen) atoms. The lowest BCUT2D eigenvalue weighted by molar-refractivity contribution is 0.912. The molecule has 0 atom stereocenters. The first-order valence-electron chi connectivity index (χ1n) is 7.45. The van der Waals surface area contributed by atoms with Crippen molar-refractivity contribution in [3.63, 3.8) is 0 Å². The quantitative estimate of drug-likeness (QED) is 0.459. The van der Waals surface area contributed by atoms with Gasteiger partial charge < -0.3 is 11.1 Å². The Balaban J connectivity index is 0.00000176. The highest BCUT2D eigenvalue weighted by molar-refractivity contribution is 14.0. The van der Waals surface area contributed by atoms with Gasteiger partial charge in [0.2, 0.25) is 0 Å². The van der Waals surface area contributed by atoms with Crippen molar-refractivity contribution in [2.24, 2.45) is 10.7 Å². The number of benzene rings is 2. The summed E-state index contributed by atoms with van der Waals surface area (Å²) in [6.45, 7) is 2.70. The normalized spacial score (nSPS) is 13.4. The smallest absolute Gasteiger partial charge is 0.193 e. The molecule has 0 aliphatic heterocycles. The van der Waals surface area contributed by atoms with Crippen LogP contribution in [-0.2, 0) is 19.4 Å². The van der Waals surface area contributed by atoms with Crippen molar-refractivity contribution < 1.29 is 0 Å². The maximum Gasteiger partial charge on any atom is 0.193 e. The van der Waals surface area contributed by atoms with Gasteiger partial charge in [-0.2, -0.15) is 0 Å². The number of nitrogens with zero attached hydrogens (tertiary/aromatic N) is 1. The molecule has 0 fully saturated rings. The molecule has 0 saturated heterocycles. The van der Waals surface area contributed by atoms with Gasteiger partial charge >= 0.3 is 0 Å². The zero-order chi connectivity index (χ0) is 14.7. The molecular formula is C18H22IN3. The third-order valence-corrected chi connectivity index (χ3v) is 4.05. The monoisotopic (exact) mass is 407 g/mol. The minimum absolute atomic E-state index is 0. The van der Waals surface area contributed by atoms with Gasteiger partial charge in [-0.1, -0.05) is 30.3 Å². The van der Waals surface area contributed by atoms with Gasteiger partial charge in [0.1, 0.15) is 0 Å². The first-order valence-corrected chi connectivity index (χ1v) is 7.45. The third kappa shape index (κ3) is 4.00. The maximum atomic E-state index is 5.99. The van der Waals surface area contributed by atoms with Crippen LogP contribution in [0.2, 0.25) is 0 Å². The van der Waals surface area contributed by atoms with Crippen LogP contribution in [0, 0.1) is 6.92 Å². The molecule has 0 heterocycles. The number of aryl methyl sites for hydroxylation is 3. The number of halogens is 1. The number of fused-ring (bicyclic) bond motifs is 1. The summed E-state index contributed by atoms with van der Waals surface area (Å²) < 4.78 is 0. The predicted molar refractivity (Wildman–Crippen MR) is 104 cm³/mol. The maximum absolute atomic E-state index is 5.99. The molecule has 1 aliphatic carbocycles. The van der Waals surface area contributed by atoms with Crippen LogP contribution in [0.5, 0.6) is 0 Å². The number of nitrogens with one attached hydrogen (secondary N) is 1. The molecule has 0 saturated carbocycles. The van der Waals surface area contributed by atoms with E-state index in [1.807, 2.05) is 12.1 Å². The van der Waals surface area contributed by atoms with Crippen molar-refractivity contribution in [3.05, 3.63) is 64.7 Å². The van der Waals surface area contributed by atoms with Gasteiger partial charge in [-0.25, -0.2) is 4.99 Å². The van der Waals surface area contributed by atoms with Gasteiger partial charge in [0.25, 0.3) is 0 Å². The molecular weight excluding hydrogens is 385 g/mol. The first-order chi connectivity index (χ1) is 10.2. The number of guanidine groups is 1. The average Bonchev–Trinajstić information content (AvgIpc) is 2.94. The van der Waals surface area contributed by atoms with Gasteiger partial charge in [0, 0.05) is 5.69 Å². The third-order valence-electron chi connectivity index (χ3n) is 4.05. The van der Waals surface area contributed by atoms with E-state index in [4.69, 9.17) is 5.73 Å². The Morgan fingerprint density at radius 2 is 1.91 bits per heavy atom. The molecule has 4 heteroatoms. The van der Waals surface area contributed by atoms with E-state index in [1.165, 1.54) is 41.5 Å². The molecule has 0 bridgehead atoms. The van der Waals surface area contributed by atoms with Crippen molar-refractivity contribution >= 4 is 35.6 Å². The fourth-order valence-corrected chi connectivity index (χ4v) is 2.79. The molecule has 0 radical (unpaired) electrons. The van der Waals surface area contributed by atoms with Crippen molar-refractivity contribution in [3.8, 4) is 0 Å². The Morgan fingerprint density at radius 1 is 1.14 bits per heavy atom. The Hall–Kier alpha value is -1.56. The molecule has 0 aromatic heterocycles. The zero-order valence-electron chi connectivity index (χ0n) is 12.8. The van der Waals surface area contributed by atoms with E-state index in [1.54, 1.807) is 0 Å². The Kier molecular flexibility index (Phi) is 5.83. The molecule has 1 aliphatic rings.